The van der Waals surface area contributed by atoms with Gasteiger partial charge in [0.15, 0.2) is 0 Å². The van der Waals surface area contributed by atoms with E-state index in [2.05, 4.69) is 53.4 Å². The second-order valence-electron chi connectivity index (χ2n) is 5.46. The molecule has 0 aromatic rings. The van der Waals surface area contributed by atoms with E-state index in [0.717, 1.165) is 11.8 Å². The van der Waals surface area contributed by atoms with Crippen LogP contribution < -0.4 is 0 Å². The molecule has 0 bridgehead atoms. The Morgan fingerprint density at radius 1 is 0.923 bits per heavy atom. The first kappa shape index (κ1) is 13.4. The molecule has 0 saturated carbocycles. The molecule has 0 nitrogen and oxygen atoms in total. The average molecular weight is 204 g/mol. The molecule has 0 atom stereocenters. The first-order valence-corrected chi connectivity index (χ1v) is 8.23. The van der Waals surface area contributed by atoms with Crippen molar-refractivity contribution in [3.05, 3.63) is 0 Å². The third kappa shape index (κ3) is 2.23. The molecule has 0 aromatic carbocycles. The lowest BCUT2D eigenvalue weighted by Gasteiger charge is -2.54. The van der Waals surface area contributed by atoms with Gasteiger partial charge in [0.2, 0.25) is 0 Å². The van der Waals surface area contributed by atoms with Gasteiger partial charge in [0.25, 0.3) is 0 Å². The van der Waals surface area contributed by atoms with E-state index in [0.29, 0.717) is 4.75 Å². The lowest BCUT2D eigenvalue weighted by molar-refractivity contribution is 0.320. The zero-order valence-corrected chi connectivity index (χ0v) is 11.6. The van der Waals surface area contributed by atoms with E-state index in [-0.39, 0.29) is 0 Å². The molecule has 0 unspecified atom stereocenters. The summed E-state index contributed by atoms with van der Waals surface area (Å²) in [5.74, 6) is 1.60. The normalized spacial score (nSPS) is 15.5. The maximum Gasteiger partial charge on any atom is 0.00387 e. The second-order valence-corrected chi connectivity index (χ2v) is 9.89. The molecule has 0 amide bonds. The molecule has 0 aliphatic rings. The third-order valence-electron chi connectivity index (χ3n) is 3.65. The zero-order valence-electron chi connectivity index (χ0n) is 10.8. The van der Waals surface area contributed by atoms with Gasteiger partial charge in [-0.3, -0.25) is 0 Å². The van der Waals surface area contributed by atoms with Crippen LogP contribution in [0.3, 0.4) is 0 Å². The van der Waals surface area contributed by atoms with Crippen molar-refractivity contribution in [3.8, 4) is 0 Å². The first-order valence-electron chi connectivity index (χ1n) is 5.38. The predicted octanol–water partition coefficient (Wildman–Crippen LogP) is 4.14. The van der Waals surface area contributed by atoms with Crippen molar-refractivity contribution in [2.45, 2.75) is 45.8 Å². The Bertz CT molecular complexity index is 143. The summed E-state index contributed by atoms with van der Waals surface area (Å²) < 4.78 is 0.562. The third-order valence-corrected chi connectivity index (χ3v) is 7.16. The van der Waals surface area contributed by atoms with Crippen LogP contribution in [0, 0.1) is 11.8 Å². The average Bonchev–Trinajstić information content (AvgIpc) is 1.83. The molecule has 1 heteroatoms. The van der Waals surface area contributed by atoms with Crippen molar-refractivity contribution in [3.63, 3.8) is 0 Å². The van der Waals surface area contributed by atoms with Crippen molar-refractivity contribution in [2.24, 2.45) is 11.8 Å². The van der Waals surface area contributed by atoms with Gasteiger partial charge in [-0.2, -0.15) is 0 Å². The maximum atomic E-state index is 2.47. The van der Waals surface area contributed by atoms with E-state index < -0.39 is 10.0 Å². The minimum atomic E-state index is -0.475. The Morgan fingerprint density at radius 2 is 1.23 bits per heavy atom. The summed E-state index contributed by atoms with van der Waals surface area (Å²) in [6.45, 7) is 11.9. The molecule has 0 radical (unpaired) electrons. The van der Waals surface area contributed by atoms with Crippen molar-refractivity contribution < 1.29 is 0 Å². The van der Waals surface area contributed by atoms with Crippen LogP contribution >= 0.6 is 10.0 Å². The molecule has 0 aromatic heterocycles. The van der Waals surface area contributed by atoms with Gasteiger partial charge >= 0.3 is 0 Å². The topological polar surface area (TPSA) is 0 Å². The van der Waals surface area contributed by atoms with Crippen LogP contribution in [0.5, 0.6) is 0 Å². The molecule has 0 aliphatic carbocycles. The smallest absolute Gasteiger partial charge is 0.00387 e. The van der Waals surface area contributed by atoms with Crippen LogP contribution in [0.1, 0.15) is 41.0 Å². The molecule has 0 rings (SSSR count). The van der Waals surface area contributed by atoms with E-state index in [4.69, 9.17) is 0 Å². The zero-order chi connectivity index (χ0) is 10.9. The molecule has 0 spiro atoms. The highest BCUT2D eigenvalue weighted by atomic mass is 32.3. The van der Waals surface area contributed by atoms with E-state index >= 15 is 0 Å². The van der Waals surface area contributed by atoms with E-state index in [1.54, 1.807) is 0 Å². The Kier molecular flexibility index (Phi) is 4.36. The van der Waals surface area contributed by atoms with E-state index in [9.17, 15) is 0 Å². The summed E-state index contributed by atoms with van der Waals surface area (Å²) in [5.41, 5.74) is 0. The molecule has 0 fully saturated rings. The molecular weight excluding hydrogens is 176 g/mol. The van der Waals surface area contributed by atoms with Gasteiger partial charge in [-0.1, -0.05) is 34.6 Å². The van der Waals surface area contributed by atoms with Crippen molar-refractivity contribution >= 4 is 10.0 Å². The molecule has 0 aliphatic heterocycles. The van der Waals surface area contributed by atoms with Crippen molar-refractivity contribution in [1.29, 1.82) is 0 Å². The molecule has 0 heterocycles. The molecule has 82 valence electrons. The number of hydrogen-bond acceptors (Lipinski definition) is 0. The van der Waals surface area contributed by atoms with Crippen LogP contribution in [0.2, 0.25) is 0 Å². The van der Waals surface area contributed by atoms with E-state index in [1.165, 1.54) is 6.42 Å². The second kappa shape index (κ2) is 4.25. The standard InChI is InChI=1S/C12H28S/c1-9-12(10(2)3,11(4)5)13(6,7)8/h10-11H,9H2,1-8H3. The Labute approximate surface area is 86.8 Å². The summed E-state index contributed by atoms with van der Waals surface area (Å²) in [6.07, 6.45) is 8.73. The van der Waals surface area contributed by atoms with Crippen LogP contribution in [-0.2, 0) is 0 Å². The Hall–Kier alpha value is 0.350. The van der Waals surface area contributed by atoms with Gasteiger partial charge in [-0.05, 0) is 37.0 Å². The summed E-state index contributed by atoms with van der Waals surface area (Å²) in [6, 6.07) is 0. The lowest BCUT2D eigenvalue weighted by Crippen LogP contribution is -2.44. The fraction of sp³-hybridized carbons (Fsp3) is 1.00. The fourth-order valence-corrected chi connectivity index (χ4v) is 7.02. The largest absolute Gasteiger partial charge is 0.244 e. The Balaban J connectivity index is 5.12. The van der Waals surface area contributed by atoms with Crippen LogP contribution in [0.4, 0.5) is 0 Å². The summed E-state index contributed by atoms with van der Waals surface area (Å²) in [4.78, 5) is 0. The van der Waals surface area contributed by atoms with Crippen molar-refractivity contribution in [1.82, 2.24) is 0 Å². The lowest BCUT2D eigenvalue weighted by atomic mass is 9.82. The summed E-state index contributed by atoms with van der Waals surface area (Å²) >= 11 is 0. The minimum Gasteiger partial charge on any atom is -0.244 e. The van der Waals surface area contributed by atoms with Crippen LogP contribution in [0.25, 0.3) is 0 Å². The fourth-order valence-electron chi connectivity index (χ4n) is 3.33. The van der Waals surface area contributed by atoms with Gasteiger partial charge < -0.3 is 0 Å². The van der Waals surface area contributed by atoms with Crippen LogP contribution in [-0.4, -0.2) is 23.5 Å². The van der Waals surface area contributed by atoms with Gasteiger partial charge in [0.1, 0.15) is 0 Å². The molecular formula is C12H28S. The van der Waals surface area contributed by atoms with Gasteiger partial charge in [0, 0.05) is 4.75 Å². The predicted molar refractivity (Wildman–Crippen MR) is 68.1 cm³/mol. The van der Waals surface area contributed by atoms with Gasteiger partial charge in [-0.15, -0.1) is 0 Å². The number of rotatable bonds is 4. The maximum absolute atomic E-state index is 2.47. The summed E-state index contributed by atoms with van der Waals surface area (Å²) in [7, 11) is -0.475. The van der Waals surface area contributed by atoms with Crippen LogP contribution in [0.15, 0.2) is 0 Å². The van der Waals surface area contributed by atoms with Gasteiger partial charge in [0.05, 0.1) is 0 Å². The highest BCUT2D eigenvalue weighted by Crippen LogP contribution is 2.59. The molecule has 13 heavy (non-hydrogen) atoms. The van der Waals surface area contributed by atoms with E-state index in [1.807, 2.05) is 0 Å². The van der Waals surface area contributed by atoms with Gasteiger partial charge in [-0.25, -0.2) is 10.0 Å². The first-order chi connectivity index (χ1) is 5.70. The molecule has 0 saturated heterocycles. The van der Waals surface area contributed by atoms with Crippen molar-refractivity contribution in [2.75, 3.05) is 18.8 Å². The molecule has 0 N–H and O–H groups in total. The monoisotopic (exact) mass is 204 g/mol. The minimum absolute atomic E-state index is 0.475. The Morgan fingerprint density at radius 3 is 1.23 bits per heavy atom. The highest BCUT2D eigenvalue weighted by Gasteiger charge is 2.42. The number of hydrogen-bond donors (Lipinski definition) is 0. The SMILES string of the molecule is CCC(C(C)C)(C(C)C)S(C)(C)C. The highest BCUT2D eigenvalue weighted by molar-refractivity contribution is 8.33. The summed E-state index contributed by atoms with van der Waals surface area (Å²) in [5, 5.41) is 0. The quantitative estimate of drug-likeness (QED) is 0.645.